The monoisotopic (exact) mass is 584 g/mol. The molecule has 5 nitrogen and oxygen atoms in total. The molecule has 0 aromatic carbocycles. The fraction of sp³-hybridized carbons (Fsp3) is 0.941. The molecule has 0 aromatic heterocycles. The topological polar surface area (TPSA) is 88.5 Å². The van der Waals surface area contributed by atoms with Crippen LogP contribution in [-0.4, -0.2) is 22.0 Å². The predicted molar refractivity (Wildman–Crippen MR) is 168 cm³/mol. The first-order valence-corrected chi connectivity index (χ1v) is 18.5. The number of unbranched alkanes of at least 4 members (excludes halogenated alkanes) is 24. The van der Waals surface area contributed by atoms with Crippen LogP contribution >= 0.6 is 7.68 Å². The molecule has 0 rings (SSSR count). The molecule has 0 saturated heterocycles. The van der Waals surface area contributed by atoms with E-state index in [1.54, 1.807) is 0 Å². The van der Waals surface area contributed by atoms with Crippen LogP contribution in [0.25, 0.3) is 0 Å². The van der Waals surface area contributed by atoms with Crippen molar-refractivity contribution in [2.45, 2.75) is 205 Å². The maximum absolute atomic E-state index is 12.5. The van der Waals surface area contributed by atoms with Crippen LogP contribution in [0.4, 0.5) is 0 Å². The molecule has 6 heteroatoms. The van der Waals surface area contributed by atoms with Gasteiger partial charge in [0.1, 0.15) is 5.78 Å². The average Bonchev–Trinajstić information content (AvgIpc) is 2.93. The van der Waals surface area contributed by atoms with E-state index in [1.807, 2.05) is 0 Å². The van der Waals surface area contributed by atoms with Crippen molar-refractivity contribution in [1.82, 2.24) is 0 Å². The van der Waals surface area contributed by atoms with Crippen LogP contribution in [0.15, 0.2) is 0 Å². The highest BCUT2D eigenvalue weighted by molar-refractivity contribution is 7.34. The molecule has 0 bridgehead atoms. The minimum Gasteiger partial charge on any atom is -0.369 e. The van der Waals surface area contributed by atoms with Crippen LogP contribution in [0, 0.1) is 0 Å². The standard InChI is InChI=1S/C34H65O5P/c1-3-5-7-9-11-13-15-17-19-21-23-25-27-29-32(35)31-34(37,40(38)39)33(36)30-28-26-24-22-20-18-16-14-12-10-8-6-4-2/h37H,3-31H2,1-2H3. The molecular weight excluding hydrogens is 519 g/mol. The van der Waals surface area contributed by atoms with Gasteiger partial charge in [-0.1, -0.05) is 168 Å². The minimum atomic E-state index is -3.41. The molecule has 0 heterocycles. The molecule has 0 amide bonds. The Morgan fingerprint density at radius 1 is 0.475 bits per heavy atom. The van der Waals surface area contributed by atoms with Crippen molar-refractivity contribution in [3.8, 4) is 0 Å². The Morgan fingerprint density at radius 2 is 0.750 bits per heavy atom. The summed E-state index contributed by atoms with van der Waals surface area (Å²) in [6, 6.07) is 0. The molecule has 0 spiro atoms. The van der Waals surface area contributed by atoms with Gasteiger partial charge >= 0.3 is 7.68 Å². The van der Waals surface area contributed by atoms with E-state index in [4.69, 9.17) is 0 Å². The fourth-order valence-corrected chi connectivity index (χ4v) is 6.09. The Morgan fingerprint density at radius 3 is 1.05 bits per heavy atom. The third-order valence-electron chi connectivity index (χ3n) is 8.26. The zero-order chi connectivity index (χ0) is 29.7. The van der Waals surface area contributed by atoms with Gasteiger partial charge in [-0.05, 0) is 12.8 Å². The molecule has 236 valence electrons. The van der Waals surface area contributed by atoms with Gasteiger partial charge in [-0.3, -0.25) is 9.59 Å². The Bertz CT molecular complexity index is 667. The zero-order valence-electron chi connectivity index (χ0n) is 26.5. The van der Waals surface area contributed by atoms with Crippen LogP contribution in [0.5, 0.6) is 0 Å². The SMILES string of the molecule is CCCCCCCCCCCCCCCC(=O)CC(O)(C(=O)CCCCCCCCCCCCCCC)P(=O)=O. The number of aliphatic hydroxyl groups is 1. The van der Waals surface area contributed by atoms with Crippen molar-refractivity contribution in [3.05, 3.63) is 0 Å². The number of ketones is 2. The average molecular weight is 585 g/mol. The largest absolute Gasteiger partial charge is 0.369 e. The number of hydrogen-bond donors (Lipinski definition) is 1. The lowest BCUT2D eigenvalue weighted by Gasteiger charge is -2.18. The first kappa shape index (κ1) is 39.2. The van der Waals surface area contributed by atoms with Crippen LogP contribution in [0.1, 0.15) is 200 Å². The lowest BCUT2D eigenvalue weighted by Crippen LogP contribution is -2.36. The summed E-state index contributed by atoms with van der Waals surface area (Å²) in [7, 11) is -3.41. The van der Waals surface area contributed by atoms with Gasteiger partial charge in [-0.2, -0.15) is 0 Å². The van der Waals surface area contributed by atoms with Crippen LogP contribution in [0.3, 0.4) is 0 Å². The quantitative estimate of drug-likeness (QED) is 0.0627. The molecule has 0 aromatic rings. The zero-order valence-corrected chi connectivity index (χ0v) is 27.4. The highest BCUT2D eigenvalue weighted by atomic mass is 31.1. The van der Waals surface area contributed by atoms with Gasteiger partial charge in [-0.15, -0.1) is 0 Å². The molecular formula is C34H65O5P. The molecule has 1 unspecified atom stereocenters. The van der Waals surface area contributed by atoms with Crippen molar-refractivity contribution in [2.24, 2.45) is 0 Å². The molecule has 1 N–H and O–H groups in total. The van der Waals surface area contributed by atoms with Crippen LogP contribution in [-0.2, 0) is 18.7 Å². The van der Waals surface area contributed by atoms with Crippen LogP contribution in [0.2, 0.25) is 0 Å². The summed E-state index contributed by atoms with van der Waals surface area (Å²) in [5, 5.41) is 8.03. The van der Waals surface area contributed by atoms with Gasteiger partial charge in [0.2, 0.25) is 5.34 Å². The first-order valence-electron chi connectivity index (χ1n) is 17.3. The molecule has 0 radical (unpaired) electrons. The normalized spacial score (nSPS) is 12.9. The highest BCUT2D eigenvalue weighted by Crippen LogP contribution is 2.33. The van der Waals surface area contributed by atoms with Gasteiger partial charge in [-0.25, -0.2) is 9.13 Å². The number of Topliss-reactive ketones (excluding diaryl/α,β-unsaturated/α-hetero) is 2. The van der Waals surface area contributed by atoms with E-state index in [9.17, 15) is 23.8 Å². The van der Waals surface area contributed by atoms with E-state index in [2.05, 4.69) is 13.8 Å². The van der Waals surface area contributed by atoms with E-state index < -0.39 is 25.2 Å². The lowest BCUT2D eigenvalue weighted by molar-refractivity contribution is -0.135. The summed E-state index contributed by atoms with van der Waals surface area (Å²) in [5.74, 6) is -1.05. The summed E-state index contributed by atoms with van der Waals surface area (Å²) < 4.78 is 23.5. The van der Waals surface area contributed by atoms with Gasteiger partial charge in [0.15, 0.2) is 5.78 Å². The highest BCUT2D eigenvalue weighted by Gasteiger charge is 2.43. The molecule has 0 fully saturated rings. The molecule has 0 aliphatic rings. The van der Waals surface area contributed by atoms with E-state index in [1.165, 1.54) is 116 Å². The molecule has 0 saturated carbocycles. The van der Waals surface area contributed by atoms with Crippen molar-refractivity contribution >= 4 is 19.2 Å². The number of rotatable bonds is 32. The molecule has 0 aliphatic carbocycles. The summed E-state index contributed by atoms with van der Waals surface area (Å²) >= 11 is 0. The Hall–Kier alpha value is -0.800. The van der Waals surface area contributed by atoms with Gasteiger partial charge in [0, 0.05) is 12.8 Å². The summed E-state index contributed by atoms with van der Waals surface area (Å²) in [4.78, 5) is 24.9. The summed E-state index contributed by atoms with van der Waals surface area (Å²) in [6.45, 7) is 4.48. The molecule has 0 aliphatic heterocycles. The van der Waals surface area contributed by atoms with Gasteiger partial charge in [0.25, 0.3) is 0 Å². The second-order valence-electron chi connectivity index (χ2n) is 12.2. The Balaban J connectivity index is 3.86. The number of carbonyl (C=O) groups is 2. The third-order valence-corrected chi connectivity index (χ3v) is 9.27. The summed E-state index contributed by atoms with van der Waals surface area (Å²) in [6.07, 6.45) is 30.7. The Labute approximate surface area is 248 Å². The fourth-order valence-electron chi connectivity index (χ4n) is 5.47. The summed E-state index contributed by atoms with van der Waals surface area (Å²) in [5.41, 5.74) is 0. The van der Waals surface area contributed by atoms with Gasteiger partial charge in [0.05, 0.1) is 6.42 Å². The maximum atomic E-state index is 12.5. The van der Waals surface area contributed by atoms with Crippen molar-refractivity contribution in [1.29, 1.82) is 0 Å². The Kier molecular flexibility index (Phi) is 27.8. The van der Waals surface area contributed by atoms with E-state index in [0.29, 0.717) is 12.8 Å². The van der Waals surface area contributed by atoms with E-state index in [-0.39, 0.29) is 18.6 Å². The van der Waals surface area contributed by atoms with Crippen molar-refractivity contribution in [3.63, 3.8) is 0 Å². The first-order chi connectivity index (χ1) is 19.4. The minimum absolute atomic E-state index is 0.0175. The number of hydrogen-bond acceptors (Lipinski definition) is 5. The van der Waals surface area contributed by atoms with Crippen molar-refractivity contribution < 1.29 is 23.8 Å². The lowest BCUT2D eigenvalue weighted by atomic mass is 9.99. The predicted octanol–water partition coefficient (Wildman–Crippen LogP) is 11.3. The van der Waals surface area contributed by atoms with Crippen molar-refractivity contribution in [2.75, 3.05) is 0 Å². The molecule has 40 heavy (non-hydrogen) atoms. The smallest absolute Gasteiger partial charge is 0.356 e. The maximum Gasteiger partial charge on any atom is 0.356 e. The van der Waals surface area contributed by atoms with Crippen LogP contribution < -0.4 is 0 Å². The third kappa shape index (κ3) is 22.8. The second-order valence-corrected chi connectivity index (χ2v) is 13.5. The molecule has 1 atom stereocenters. The number of carbonyl (C=O) groups excluding carboxylic acids is 2. The van der Waals surface area contributed by atoms with E-state index >= 15 is 0 Å². The second kappa shape index (κ2) is 28.3. The van der Waals surface area contributed by atoms with Gasteiger partial charge < -0.3 is 5.11 Å². The van der Waals surface area contributed by atoms with E-state index in [0.717, 1.165) is 38.5 Å².